The standard InChI is InChI=1S/C15H20N2O2/c1-12(7-15(18)14-8-16-17-9-14)10-19-11-13-5-3-2-4-6-13/h2-6,8-9,12,15,18H,7,10-11H2,1H3,(H,16,17). The molecule has 1 heterocycles. The smallest absolute Gasteiger partial charge is 0.0823 e. The van der Waals surface area contributed by atoms with Crippen molar-refractivity contribution in [1.82, 2.24) is 10.2 Å². The molecule has 0 bridgehead atoms. The first kappa shape index (κ1) is 13.8. The summed E-state index contributed by atoms with van der Waals surface area (Å²) in [4.78, 5) is 0. The predicted molar refractivity (Wildman–Crippen MR) is 73.4 cm³/mol. The van der Waals surface area contributed by atoms with Crippen molar-refractivity contribution < 1.29 is 9.84 Å². The summed E-state index contributed by atoms with van der Waals surface area (Å²) < 4.78 is 5.67. The number of nitrogens with zero attached hydrogens (tertiary/aromatic N) is 1. The van der Waals surface area contributed by atoms with Crippen molar-refractivity contribution in [1.29, 1.82) is 0 Å². The lowest BCUT2D eigenvalue weighted by atomic mass is 10.0. The molecule has 2 atom stereocenters. The Morgan fingerprint density at radius 3 is 2.79 bits per heavy atom. The number of hydrogen-bond acceptors (Lipinski definition) is 3. The van der Waals surface area contributed by atoms with Crippen molar-refractivity contribution in [3.63, 3.8) is 0 Å². The SMILES string of the molecule is CC(COCc1ccccc1)CC(O)c1cn[nH]c1. The lowest BCUT2D eigenvalue weighted by Crippen LogP contribution is -2.10. The van der Waals surface area contributed by atoms with E-state index in [1.807, 2.05) is 30.3 Å². The summed E-state index contributed by atoms with van der Waals surface area (Å²) in [6.45, 7) is 3.34. The maximum Gasteiger partial charge on any atom is 0.0823 e. The van der Waals surface area contributed by atoms with Gasteiger partial charge in [-0.05, 0) is 17.9 Å². The highest BCUT2D eigenvalue weighted by Crippen LogP contribution is 2.20. The Kier molecular flexibility index (Phi) is 5.12. The van der Waals surface area contributed by atoms with E-state index >= 15 is 0 Å². The van der Waals surface area contributed by atoms with E-state index in [2.05, 4.69) is 17.1 Å². The summed E-state index contributed by atoms with van der Waals surface area (Å²) >= 11 is 0. The van der Waals surface area contributed by atoms with E-state index in [-0.39, 0.29) is 0 Å². The zero-order chi connectivity index (χ0) is 13.5. The van der Waals surface area contributed by atoms with Gasteiger partial charge >= 0.3 is 0 Å². The Bertz CT molecular complexity index is 456. The topological polar surface area (TPSA) is 58.1 Å². The third-order valence-corrected chi connectivity index (χ3v) is 3.04. The number of aromatic amines is 1. The first-order valence-corrected chi connectivity index (χ1v) is 6.54. The van der Waals surface area contributed by atoms with Crippen LogP contribution in [0, 0.1) is 5.92 Å². The summed E-state index contributed by atoms with van der Waals surface area (Å²) in [7, 11) is 0. The van der Waals surface area contributed by atoms with Crippen molar-refractivity contribution in [3.05, 3.63) is 53.9 Å². The number of H-pyrrole nitrogens is 1. The minimum absolute atomic E-state index is 0.300. The zero-order valence-electron chi connectivity index (χ0n) is 11.1. The van der Waals surface area contributed by atoms with Gasteiger partial charge in [-0.3, -0.25) is 5.10 Å². The number of aliphatic hydroxyl groups is 1. The van der Waals surface area contributed by atoms with Gasteiger partial charge in [-0.1, -0.05) is 37.3 Å². The minimum Gasteiger partial charge on any atom is -0.388 e. The van der Waals surface area contributed by atoms with Gasteiger partial charge in [0.25, 0.3) is 0 Å². The average Bonchev–Trinajstić information content (AvgIpc) is 2.94. The Hall–Kier alpha value is -1.65. The number of aliphatic hydroxyl groups excluding tert-OH is 1. The summed E-state index contributed by atoms with van der Waals surface area (Å²) in [5, 5.41) is 16.5. The van der Waals surface area contributed by atoms with E-state index < -0.39 is 6.10 Å². The monoisotopic (exact) mass is 260 g/mol. The maximum absolute atomic E-state index is 9.98. The van der Waals surface area contributed by atoms with Crippen molar-refractivity contribution in [2.24, 2.45) is 5.92 Å². The van der Waals surface area contributed by atoms with Gasteiger partial charge in [-0.2, -0.15) is 5.10 Å². The predicted octanol–water partition coefficient (Wildman–Crippen LogP) is 2.69. The molecule has 0 aliphatic rings. The molecule has 0 aliphatic heterocycles. The zero-order valence-corrected chi connectivity index (χ0v) is 11.1. The molecule has 0 radical (unpaired) electrons. The Labute approximate surface area is 113 Å². The van der Waals surface area contributed by atoms with Gasteiger partial charge in [0.1, 0.15) is 0 Å². The first-order chi connectivity index (χ1) is 9.25. The highest BCUT2D eigenvalue weighted by atomic mass is 16.5. The van der Waals surface area contributed by atoms with Crippen LogP contribution in [-0.2, 0) is 11.3 Å². The Morgan fingerprint density at radius 2 is 2.11 bits per heavy atom. The Morgan fingerprint density at radius 1 is 1.32 bits per heavy atom. The molecule has 102 valence electrons. The van der Waals surface area contributed by atoms with E-state index in [1.54, 1.807) is 12.4 Å². The largest absolute Gasteiger partial charge is 0.388 e. The van der Waals surface area contributed by atoms with Gasteiger partial charge in [0.15, 0.2) is 0 Å². The number of hydrogen-bond donors (Lipinski definition) is 2. The third-order valence-electron chi connectivity index (χ3n) is 3.04. The van der Waals surface area contributed by atoms with Gasteiger partial charge in [0, 0.05) is 18.4 Å². The summed E-state index contributed by atoms with van der Waals surface area (Å²) in [5.41, 5.74) is 2.00. The fourth-order valence-corrected chi connectivity index (χ4v) is 1.98. The van der Waals surface area contributed by atoms with Crippen LogP contribution < -0.4 is 0 Å². The molecule has 0 fully saturated rings. The quantitative estimate of drug-likeness (QED) is 0.804. The first-order valence-electron chi connectivity index (χ1n) is 6.54. The second kappa shape index (κ2) is 7.07. The summed E-state index contributed by atoms with van der Waals surface area (Å²) in [6, 6.07) is 10.1. The molecule has 0 aliphatic carbocycles. The minimum atomic E-state index is -0.478. The van der Waals surface area contributed by atoms with Gasteiger partial charge in [-0.25, -0.2) is 0 Å². The number of nitrogens with one attached hydrogen (secondary N) is 1. The molecule has 2 rings (SSSR count). The molecule has 1 aromatic heterocycles. The molecule has 2 aromatic rings. The fourth-order valence-electron chi connectivity index (χ4n) is 1.98. The van der Waals surface area contributed by atoms with Crippen LogP contribution in [0.15, 0.2) is 42.7 Å². The van der Waals surface area contributed by atoms with E-state index in [9.17, 15) is 5.11 Å². The molecule has 1 aromatic carbocycles. The van der Waals surface area contributed by atoms with Gasteiger partial charge < -0.3 is 9.84 Å². The van der Waals surface area contributed by atoms with E-state index in [0.29, 0.717) is 25.6 Å². The molecule has 4 heteroatoms. The Balaban J connectivity index is 1.69. The highest BCUT2D eigenvalue weighted by Gasteiger charge is 2.13. The number of ether oxygens (including phenoxy) is 1. The lowest BCUT2D eigenvalue weighted by molar-refractivity contribution is 0.0649. The molecule has 0 amide bonds. The van der Waals surface area contributed by atoms with Crippen LogP contribution in [-0.4, -0.2) is 21.9 Å². The van der Waals surface area contributed by atoms with Crippen LogP contribution in [0.1, 0.15) is 30.6 Å². The van der Waals surface area contributed by atoms with Crippen molar-refractivity contribution in [3.8, 4) is 0 Å². The molecule has 4 nitrogen and oxygen atoms in total. The summed E-state index contributed by atoms with van der Waals surface area (Å²) in [5.74, 6) is 0.300. The van der Waals surface area contributed by atoms with E-state index in [4.69, 9.17) is 4.74 Å². The van der Waals surface area contributed by atoms with Gasteiger partial charge in [0.05, 0.1) is 18.9 Å². The van der Waals surface area contributed by atoms with Gasteiger partial charge in [-0.15, -0.1) is 0 Å². The van der Waals surface area contributed by atoms with Crippen LogP contribution in [0.5, 0.6) is 0 Å². The molecule has 2 unspecified atom stereocenters. The van der Waals surface area contributed by atoms with Crippen LogP contribution in [0.4, 0.5) is 0 Å². The third kappa shape index (κ3) is 4.50. The molecule has 0 saturated heterocycles. The average molecular weight is 260 g/mol. The number of rotatable bonds is 7. The second-order valence-corrected chi connectivity index (χ2v) is 4.89. The molecule has 0 spiro atoms. The van der Waals surface area contributed by atoms with Crippen molar-refractivity contribution in [2.45, 2.75) is 26.1 Å². The lowest BCUT2D eigenvalue weighted by Gasteiger charge is -2.15. The van der Waals surface area contributed by atoms with Crippen LogP contribution >= 0.6 is 0 Å². The molecule has 19 heavy (non-hydrogen) atoms. The van der Waals surface area contributed by atoms with E-state index in [0.717, 1.165) is 5.56 Å². The normalized spacial score (nSPS) is 14.2. The molecule has 0 saturated carbocycles. The molecular formula is C15H20N2O2. The fraction of sp³-hybridized carbons (Fsp3) is 0.400. The second-order valence-electron chi connectivity index (χ2n) is 4.89. The van der Waals surface area contributed by atoms with Crippen LogP contribution in [0.25, 0.3) is 0 Å². The van der Waals surface area contributed by atoms with E-state index in [1.165, 1.54) is 5.56 Å². The van der Waals surface area contributed by atoms with Crippen LogP contribution in [0.2, 0.25) is 0 Å². The number of benzene rings is 1. The molecular weight excluding hydrogens is 240 g/mol. The maximum atomic E-state index is 9.98. The summed E-state index contributed by atoms with van der Waals surface area (Å²) in [6.07, 6.45) is 3.58. The van der Waals surface area contributed by atoms with Crippen LogP contribution in [0.3, 0.4) is 0 Å². The van der Waals surface area contributed by atoms with Crippen molar-refractivity contribution in [2.75, 3.05) is 6.61 Å². The van der Waals surface area contributed by atoms with Gasteiger partial charge in [0.2, 0.25) is 0 Å². The highest BCUT2D eigenvalue weighted by molar-refractivity contribution is 5.13. The van der Waals surface area contributed by atoms with Crippen molar-refractivity contribution >= 4 is 0 Å². The molecule has 2 N–H and O–H groups in total. The number of aromatic nitrogens is 2.